The van der Waals surface area contributed by atoms with Gasteiger partial charge in [0.25, 0.3) is 0 Å². The summed E-state index contributed by atoms with van der Waals surface area (Å²) in [4.78, 5) is 1.42. The maximum Gasteiger partial charge on any atom is 0.140 e. The molecule has 0 amide bonds. The molecule has 1 aliphatic carbocycles. The summed E-state index contributed by atoms with van der Waals surface area (Å²) in [5.41, 5.74) is 6.99. The van der Waals surface area contributed by atoms with Crippen molar-refractivity contribution in [2.45, 2.75) is 25.7 Å². The van der Waals surface area contributed by atoms with E-state index in [1.807, 2.05) is 0 Å². The number of hydrogen-bond acceptors (Lipinski definition) is 3. The van der Waals surface area contributed by atoms with Crippen LogP contribution in [0.1, 0.15) is 23.3 Å². The average molecular weight is 154 g/mol. The third kappa shape index (κ3) is 0.814. The number of hydrogen-bond donors (Lipinski definition) is 1. The average Bonchev–Trinajstić information content (AvgIpc) is 2.34. The molecular weight excluding hydrogens is 144 g/mol. The van der Waals surface area contributed by atoms with E-state index < -0.39 is 0 Å². The van der Waals surface area contributed by atoms with Crippen molar-refractivity contribution in [1.82, 2.24) is 4.37 Å². The fourth-order valence-electron chi connectivity index (χ4n) is 1.41. The van der Waals surface area contributed by atoms with E-state index in [-0.39, 0.29) is 0 Å². The Bertz CT molecular complexity index is 242. The van der Waals surface area contributed by atoms with Gasteiger partial charge in [-0.3, -0.25) is 0 Å². The standard InChI is InChI=1S/C7H10N2S/c8-7-5-3-1-2-4-6(5)10-9-7/h1-4H2,(H2,8,9). The van der Waals surface area contributed by atoms with Crippen molar-refractivity contribution in [3.05, 3.63) is 10.4 Å². The van der Waals surface area contributed by atoms with Crippen molar-refractivity contribution in [2.24, 2.45) is 0 Å². The van der Waals surface area contributed by atoms with Crippen molar-refractivity contribution in [1.29, 1.82) is 0 Å². The van der Waals surface area contributed by atoms with Crippen molar-refractivity contribution >= 4 is 17.4 Å². The Morgan fingerprint density at radius 3 is 2.90 bits per heavy atom. The van der Waals surface area contributed by atoms with Crippen LogP contribution in [0.5, 0.6) is 0 Å². The van der Waals surface area contributed by atoms with Gasteiger partial charge in [-0.15, -0.1) is 0 Å². The zero-order valence-electron chi connectivity index (χ0n) is 5.76. The van der Waals surface area contributed by atoms with Crippen LogP contribution in [0.15, 0.2) is 0 Å². The SMILES string of the molecule is Nc1nsc2c1CCCC2. The molecule has 1 heterocycles. The van der Waals surface area contributed by atoms with E-state index in [9.17, 15) is 0 Å². The highest BCUT2D eigenvalue weighted by atomic mass is 32.1. The third-order valence-electron chi connectivity index (χ3n) is 1.98. The van der Waals surface area contributed by atoms with E-state index in [1.165, 1.54) is 29.7 Å². The van der Waals surface area contributed by atoms with Gasteiger partial charge in [-0.2, -0.15) is 4.37 Å². The van der Waals surface area contributed by atoms with Crippen molar-refractivity contribution in [3.63, 3.8) is 0 Å². The summed E-state index contributed by atoms with van der Waals surface area (Å²) in [6.45, 7) is 0. The minimum absolute atomic E-state index is 0.778. The van der Waals surface area contributed by atoms with Crippen molar-refractivity contribution < 1.29 is 0 Å². The first-order valence-electron chi connectivity index (χ1n) is 3.61. The maximum absolute atomic E-state index is 5.66. The fraction of sp³-hybridized carbons (Fsp3) is 0.571. The van der Waals surface area contributed by atoms with Crippen LogP contribution in [0.25, 0.3) is 0 Å². The lowest BCUT2D eigenvalue weighted by Crippen LogP contribution is -2.00. The molecule has 2 N–H and O–H groups in total. The fourth-order valence-corrected chi connectivity index (χ4v) is 2.28. The Labute approximate surface area is 64.2 Å². The molecule has 0 bridgehead atoms. The third-order valence-corrected chi connectivity index (χ3v) is 2.94. The van der Waals surface area contributed by atoms with E-state index in [2.05, 4.69) is 4.37 Å². The van der Waals surface area contributed by atoms with Crippen molar-refractivity contribution in [2.75, 3.05) is 5.73 Å². The van der Waals surface area contributed by atoms with Gasteiger partial charge in [-0.05, 0) is 37.2 Å². The molecule has 0 aliphatic heterocycles. The van der Waals surface area contributed by atoms with Crippen LogP contribution in [-0.2, 0) is 12.8 Å². The van der Waals surface area contributed by atoms with Crippen LogP contribution < -0.4 is 5.73 Å². The van der Waals surface area contributed by atoms with E-state index in [1.54, 1.807) is 11.5 Å². The number of nitrogens with zero attached hydrogens (tertiary/aromatic N) is 1. The van der Waals surface area contributed by atoms with Crippen LogP contribution in [0.4, 0.5) is 5.82 Å². The first-order valence-corrected chi connectivity index (χ1v) is 4.38. The van der Waals surface area contributed by atoms with Crippen LogP contribution >= 0.6 is 11.5 Å². The Kier molecular flexibility index (Phi) is 1.38. The van der Waals surface area contributed by atoms with E-state index in [0.29, 0.717) is 0 Å². The molecule has 0 radical (unpaired) electrons. The quantitative estimate of drug-likeness (QED) is 0.616. The second kappa shape index (κ2) is 2.23. The number of aromatic nitrogens is 1. The van der Waals surface area contributed by atoms with Crippen molar-refractivity contribution in [3.8, 4) is 0 Å². The van der Waals surface area contributed by atoms with Crippen LogP contribution in [0, 0.1) is 0 Å². The monoisotopic (exact) mass is 154 g/mol. The molecule has 2 nitrogen and oxygen atoms in total. The summed E-state index contributed by atoms with van der Waals surface area (Å²) in [6, 6.07) is 0. The first kappa shape index (κ1) is 6.16. The molecule has 1 aliphatic rings. The highest BCUT2D eigenvalue weighted by Gasteiger charge is 2.14. The molecule has 0 spiro atoms. The number of aryl methyl sites for hydroxylation is 1. The van der Waals surface area contributed by atoms with Crippen LogP contribution in [0.2, 0.25) is 0 Å². The molecular formula is C7H10N2S. The predicted molar refractivity (Wildman–Crippen MR) is 43.2 cm³/mol. The van der Waals surface area contributed by atoms with Gasteiger partial charge in [-0.25, -0.2) is 0 Å². The Morgan fingerprint density at radius 2 is 2.10 bits per heavy atom. The summed E-state index contributed by atoms with van der Waals surface area (Å²) < 4.78 is 4.12. The highest BCUT2D eigenvalue weighted by molar-refractivity contribution is 7.06. The lowest BCUT2D eigenvalue weighted by molar-refractivity contribution is 0.698. The zero-order chi connectivity index (χ0) is 6.97. The van der Waals surface area contributed by atoms with Gasteiger partial charge in [-0.1, -0.05) is 0 Å². The molecule has 3 heteroatoms. The molecule has 2 rings (SSSR count). The first-order chi connectivity index (χ1) is 4.88. The predicted octanol–water partition coefficient (Wildman–Crippen LogP) is 1.60. The highest BCUT2D eigenvalue weighted by Crippen LogP contribution is 2.28. The largest absolute Gasteiger partial charge is 0.383 e. The van der Waals surface area contributed by atoms with E-state index >= 15 is 0 Å². The van der Waals surface area contributed by atoms with Gasteiger partial charge in [0, 0.05) is 10.4 Å². The van der Waals surface area contributed by atoms with Crippen LogP contribution in [0.3, 0.4) is 0 Å². The molecule has 1 aromatic rings. The molecule has 0 saturated heterocycles. The minimum atomic E-state index is 0.778. The minimum Gasteiger partial charge on any atom is -0.383 e. The number of anilines is 1. The van der Waals surface area contributed by atoms with Gasteiger partial charge in [0.1, 0.15) is 5.82 Å². The second-order valence-electron chi connectivity index (χ2n) is 2.68. The van der Waals surface area contributed by atoms with E-state index in [0.717, 1.165) is 12.2 Å². The lowest BCUT2D eigenvalue weighted by atomic mass is 9.99. The van der Waals surface area contributed by atoms with Gasteiger partial charge < -0.3 is 5.73 Å². The summed E-state index contributed by atoms with van der Waals surface area (Å²) in [5.74, 6) is 0.778. The summed E-state index contributed by atoms with van der Waals surface area (Å²) in [5, 5.41) is 0. The van der Waals surface area contributed by atoms with Crippen LogP contribution in [-0.4, -0.2) is 4.37 Å². The number of nitrogen functional groups attached to an aromatic ring is 1. The Hall–Kier alpha value is -0.570. The molecule has 0 atom stereocenters. The second-order valence-corrected chi connectivity index (χ2v) is 3.53. The maximum atomic E-state index is 5.66. The summed E-state index contributed by atoms with van der Waals surface area (Å²) in [6.07, 6.45) is 4.95. The molecule has 10 heavy (non-hydrogen) atoms. The van der Waals surface area contributed by atoms with E-state index in [4.69, 9.17) is 5.73 Å². The summed E-state index contributed by atoms with van der Waals surface area (Å²) in [7, 11) is 0. The van der Waals surface area contributed by atoms with Gasteiger partial charge in [0.05, 0.1) is 0 Å². The van der Waals surface area contributed by atoms with Gasteiger partial charge in [0.15, 0.2) is 0 Å². The number of rotatable bonds is 0. The number of nitrogens with two attached hydrogens (primary N) is 1. The molecule has 0 saturated carbocycles. The molecule has 0 fully saturated rings. The molecule has 0 aromatic carbocycles. The lowest BCUT2D eigenvalue weighted by Gasteiger charge is -2.08. The Balaban J connectivity index is 2.45. The van der Waals surface area contributed by atoms with Gasteiger partial charge in [0.2, 0.25) is 0 Å². The smallest absolute Gasteiger partial charge is 0.140 e. The zero-order valence-corrected chi connectivity index (χ0v) is 6.58. The number of fused-ring (bicyclic) bond motifs is 1. The normalized spacial score (nSPS) is 16.8. The molecule has 54 valence electrons. The molecule has 1 aromatic heterocycles. The molecule has 0 unspecified atom stereocenters. The Morgan fingerprint density at radius 1 is 1.30 bits per heavy atom. The summed E-state index contributed by atoms with van der Waals surface area (Å²) >= 11 is 1.58. The van der Waals surface area contributed by atoms with Gasteiger partial charge >= 0.3 is 0 Å². The topological polar surface area (TPSA) is 38.9 Å².